The summed E-state index contributed by atoms with van der Waals surface area (Å²) in [7, 11) is 0. The first-order valence-electron chi connectivity index (χ1n) is 6.28. The zero-order chi connectivity index (χ0) is 14.5. The lowest BCUT2D eigenvalue weighted by molar-refractivity contribution is 0.0527. The van der Waals surface area contributed by atoms with Crippen LogP contribution in [0, 0.1) is 6.92 Å². The van der Waals surface area contributed by atoms with E-state index < -0.39 is 5.97 Å². The third kappa shape index (κ3) is 3.06. The van der Waals surface area contributed by atoms with E-state index in [0.717, 1.165) is 5.56 Å². The molecule has 0 spiro atoms. The van der Waals surface area contributed by atoms with Crippen LogP contribution in [0.5, 0.6) is 11.6 Å². The zero-order valence-corrected chi connectivity index (χ0v) is 11.4. The highest BCUT2D eigenvalue weighted by Crippen LogP contribution is 2.28. The average Bonchev–Trinajstić information content (AvgIpc) is 2.41. The standard InChI is InChI=1S/C15H16N2O3/c1-3-19-15(18)12-7-8-17-14(13(12)16)20-11-6-4-5-10(2)9-11/h4-9H,3,16H2,1-2H3. The van der Waals surface area contributed by atoms with Gasteiger partial charge < -0.3 is 15.2 Å². The number of nitrogen functional groups attached to an aromatic ring is 1. The molecule has 0 aliphatic rings. The summed E-state index contributed by atoms with van der Waals surface area (Å²) < 4.78 is 10.5. The SMILES string of the molecule is CCOC(=O)c1ccnc(Oc2cccc(C)c2)c1N. The van der Waals surface area contributed by atoms with Crippen LogP contribution < -0.4 is 10.5 Å². The molecule has 0 bridgehead atoms. The Hall–Kier alpha value is -2.56. The Morgan fingerprint density at radius 2 is 2.15 bits per heavy atom. The van der Waals surface area contributed by atoms with Crippen LogP contribution in [-0.4, -0.2) is 17.6 Å². The lowest BCUT2D eigenvalue weighted by Gasteiger charge is -2.10. The number of nitrogens with zero attached hydrogens (tertiary/aromatic N) is 1. The molecule has 2 rings (SSSR count). The van der Waals surface area contributed by atoms with Crippen molar-refractivity contribution in [2.45, 2.75) is 13.8 Å². The van der Waals surface area contributed by atoms with Crippen LogP contribution in [0.3, 0.4) is 0 Å². The van der Waals surface area contributed by atoms with E-state index in [-0.39, 0.29) is 23.7 Å². The predicted molar refractivity (Wildman–Crippen MR) is 75.9 cm³/mol. The zero-order valence-electron chi connectivity index (χ0n) is 11.4. The Balaban J connectivity index is 2.29. The van der Waals surface area contributed by atoms with E-state index >= 15 is 0 Å². The molecule has 0 saturated carbocycles. The highest BCUT2D eigenvalue weighted by Gasteiger charge is 2.15. The number of carbonyl (C=O) groups excluding carboxylic acids is 1. The fourth-order valence-corrected chi connectivity index (χ4v) is 1.71. The summed E-state index contributed by atoms with van der Waals surface area (Å²) in [5.41, 5.74) is 7.40. The molecule has 5 heteroatoms. The van der Waals surface area contributed by atoms with Gasteiger partial charge in [0.2, 0.25) is 5.88 Å². The Bertz CT molecular complexity index is 626. The summed E-state index contributed by atoms with van der Waals surface area (Å²) in [6.45, 7) is 3.98. The predicted octanol–water partition coefficient (Wildman–Crippen LogP) is 2.94. The first-order valence-corrected chi connectivity index (χ1v) is 6.28. The molecule has 0 unspecified atom stereocenters. The Kier molecular flexibility index (Phi) is 4.20. The van der Waals surface area contributed by atoms with E-state index in [2.05, 4.69) is 4.98 Å². The van der Waals surface area contributed by atoms with Crippen LogP contribution in [0.2, 0.25) is 0 Å². The summed E-state index contributed by atoms with van der Waals surface area (Å²) >= 11 is 0. The van der Waals surface area contributed by atoms with Gasteiger partial charge in [0.15, 0.2) is 0 Å². The van der Waals surface area contributed by atoms with Crippen molar-refractivity contribution in [3.63, 3.8) is 0 Å². The van der Waals surface area contributed by atoms with E-state index in [1.54, 1.807) is 13.0 Å². The quantitative estimate of drug-likeness (QED) is 0.866. The molecule has 0 aliphatic carbocycles. The number of rotatable bonds is 4. The summed E-state index contributed by atoms with van der Waals surface area (Å²) in [6.07, 6.45) is 1.47. The second-order valence-corrected chi connectivity index (χ2v) is 4.22. The fourth-order valence-electron chi connectivity index (χ4n) is 1.71. The van der Waals surface area contributed by atoms with Gasteiger partial charge in [0.1, 0.15) is 11.4 Å². The molecule has 2 aromatic rings. The molecule has 5 nitrogen and oxygen atoms in total. The number of esters is 1. The molecular formula is C15H16N2O3. The molecule has 1 aromatic heterocycles. The van der Waals surface area contributed by atoms with Gasteiger partial charge in [0, 0.05) is 6.20 Å². The Morgan fingerprint density at radius 3 is 2.85 bits per heavy atom. The van der Waals surface area contributed by atoms with Crippen LogP contribution in [0.25, 0.3) is 0 Å². The summed E-state index contributed by atoms with van der Waals surface area (Å²) in [5, 5.41) is 0. The topological polar surface area (TPSA) is 74.4 Å². The van der Waals surface area contributed by atoms with Gasteiger partial charge in [-0.3, -0.25) is 0 Å². The normalized spacial score (nSPS) is 10.1. The highest BCUT2D eigenvalue weighted by atomic mass is 16.5. The van der Waals surface area contributed by atoms with Crippen molar-refractivity contribution >= 4 is 11.7 Å². The fraction of sp³-hybridized carbons (Fsp3) is 0.200. The van der Waals surface area contributed by atoms with Crippen molar-refractivity contribution < 1.29 is 14.3 Å². The number of benzene rings is 1. The lowest BCUT2D eigenvalue weighted by Crippen LogP contribution is -2.09. The first-order chi connectivity index (χ1) is 9.61. The molecule has 0 fully saturated rings. The van der Waals surface area contributed by atoms with Crippen LogP contribution in [0.4, 0.5) is 5.69 Å². The third-order valence-electron chi connectivity index (χ3n) is 2.65. The molecule has 0 atom stereocenters. The van der Waals surface area contributed by atoms with Crippen molar-refractivity contribution in [3.8, 4) is 11.6 Å². The number of aromatic nitrogens is 1. The van der Waals surface area contributed by atoms with Gasteiger partial charge in [-0.1, -0.05) is 12.1 Å². The number of aryl methyl sites for hydroxylation is 1. The van der Waals surface area contributed by atoms with E-state index in [4.69, 9.17) is 15.2 Å². The first kappa shape index (κ1) is 13.9. The van der Waals surface area contributed by atoms with Crippen molar-refractivity contribution in [1.82, 2.24) is 4.98 Å². The number of ether oxygens (including phenoxy) is 2. The number of anilines is 1. The van der Waals surface area contributed by atoms with Gasteiger partial charge in [-0.2, -0.15) is 0 Å². The van der Waals surface area contributed by atoms with Gasteiger partial charge in [-0.05, 0) is 37.6 Å². The monoisotopic (exact) mass is 272 g/mol. The highest BCUT2D eigenvalue weighted by molar-refractivity contribution is 5.96. The smallest absolute Gasteiger partial charge is 0.340 e. The van der Waals surface area contributed by atoms with Crippen molar-refractivity contribution in [1.29, 1.82) is 0 Å². The molecular weight excluding hydrogens is 256 g/mol. The molecule has 1 aromatic carbocycles. The molecule has 0 radical (unpaired) electrons. The van der Waals surface area contributed by atoms with E-state index in [1.807, 2.05) is 25.1 Å². The molecule has 0 saturated heterocycles. The van der Waals surface area contributed by atoms with Gasteiger partial charge in [0.05, 0.1) is 12.2 Å². The molecule has 20 heavy (non-hydrogen) atoms. The summed E-state index contributed by atoms with van der Waals surface area (Å²) in [5.74, 6) is 0.327. The minimum atomic E-state index is -0.485. The lowest BCUT2D eigenvalue weighted by atomic mass is 10.2. The second-order valence-electron chi connectivity index (χ2n) is 4.22. The minimum absolute atomic E-state index is 0.174. The molecule has 0 amide bonds. The van der Waals surface area contributed by atoms with Gasteiger partial charge in [-0.15, -0.1) is 0 Å². The van der Waals surface area contributed by atoms with Crippen molar-refractivity contribution in [2.24, 2.45) is 0 Å². The van der Waals surface area contributed by atoms with Gasteiger partial charge in [0.25, 0.3) is 0 Å². The molecule has 2 N–H and O–H groups in total. The number of hydrogen-bond donors (Lipinski definition) is 1. The summed E-state index contributed by atoms with van der Waals surface area (Å²) in [6, 6.07) is 8.99. The number of carbonyl (C=O) groups is 1. The van der Waals surface area contributed by atoms with Gasteiger partial charge in [-0.25, -0.2) is 9.78 Å². The number of nitrogens with two attached hydrogens (primary N) is 1. The Labute approximate surface area is 117 Å². The summed E-state index contributed by atoms with van der Waals surface area (Å²) in [4.78, 5) is 15.8. The van der Waals surface area contributed by atoms with Crippen LogP contribution in [0.1, 0.15) is 22.8 Å². The minimum Gasteiger partial charge on any atom is -0.462 e. The van der Waals surface area contributed by atoms with Crippen LogP contribution in [0.15, 0.2) is 36.5 Å². The Morgan fingerprint density at radius 1 is 1.35 bits per heavy atom. The molecule has 1 heterocycles. The van der Waals surface area contributed by atoms with Gasteiger partial charge >= 0.3 is 5.97 Å². The average molecular weight is 272 g/mol. The van der Waals surface area contributed by atoms with E-state index in [0.29, 0.717) is 5.75 Å². The van der Waals surface area contributed by atoms with Crippen LogP contribution in [-0.2, 0) is 4.74 Å². The molecule has 0 aliphatic heterocycles. The van der Waals surface area contributed by atoms with Crippen LogP contribution >= 0.6 is 0 Å². The third-order valence-corrected chi connectivity index (χ3v) is 2.65. The number of pyridine rings is 1. The van der Waals surface area contributed by atoms with Crippen molar-refractivity contribution in [2.75, 3.05) is 12.3 Å². The largest absolute Gasteiger partial charge is 0.462 e. The maximum Gasteiger partial charge on any atom is 0.340 e. The van der Waals surface area contributed by atoms with E-state index in [1.165, 1.54) is 12.3 Å². The maximum atomic E-state index is 11.7. The molecule has 104 valence electrons. The maximum absolute atomic E-state index is 11.7. The number of hydrogen-bond acceptors (Lipinski definition) is 5. The second kappa shape index (κ2) is 6.06. The van der Waals surface area contributed by atoms with Crippen molar-refractivity contribution in [3.05, 3.63) is 47.7 Å². The van der Waals surface area contributed by atoms with E-state index in [9.17, 15) is 4.79 Å².